The van der Waals surface area contributed by atoms with Gasteiger partial charge in [-0.25, -0.2) is 4.79 Å². The molecule has 0 aliphatic heterocycles. The average molecular weight is 1280 g/mol. The van der Waals surface area contributed by atoms with Gasteiger partial charge in [0.15, 0.2) is 0 Å². The summed E-state index contributed by atoms with van der Waals surface area (Å²) >= 11 is 0. The molecule has 0 bridgehead atoms. The highest BCUT2D eigenvalue weighted by molar-refractivity contribution is 5.91. The van der Waals surface area contributed by atoms with E-state index in [9.17, 15) is 4.79 Å². The summed E-state index contributed by atoms with van der Waals surface area (Å²) < 4.78 is 5.26. The van der Waals surface area contributed by atoms with Crippen molar-refractivity contribution in [1.29, 1.82) is 0 Å². The maximum atomic E-state index is 11.8. The Bertz CT molecular complexity index is 3040. The molecule has 1 aliphatic carbocycles. The number of carbonyl (C=O) groups is 1. The minimum absolute atomic E-state index is 0.325. The molecule has 0 radical (unpaired) electrons. The van der Waals surface area contributed by atoms with Crippen LogP contribution in [0, 0.1) is 80.1 Å². The third-order valence-corrected chi connectivity index (χ3v) is 13.9. The number of rotatable bonds is 7. The van der Waals surface area contributed by atoms with Crippen LogP contribution < -0.4 is 4.74 Å². The summed E-state index contributed by atoms with van der Waals surface area (Å²) in [6.07, 6.45) is 7.87. The molecule has 1 saturated carbocycles. The van der Waals surface area contributed by atoms with E-state index in [1.54, 1.807) is 29.8 Å². The molecule has 1 aliphatic rings. The van der Waals surface area contributed by atoms with Gasteiger partial charge in [0, 0.05) is 11.1 Å². The van der Waals surface area contributed by atoms with E-state index in [4.69, 9.17) is 4.74 Å². The van der Waals surface area contributed by atoms with Gasteiger partial charge in [-0.05, 0) is 176 Å². The number of aryl methyl sites for hydroxylation is 11. The third-order valence-electron chi connectivity index (χ3n) is 13.9. The predicted molar refractivity (Wildman–Crippen MR) is 430 cm³/mol. The van der Waals surface area contributed by atoms with Crippen molar-refractivity contribution in [3.8, 4) is 28.7 Å². The van der Waals surface area contributed by atoms with Gasteiger partial charge in [-0.15, -0.1) is 0 Å². The Morgan fingerprint density at radius 3 is 0.821 bits per heavy atom. The molecule has 0 spiro atoms. The smallest absolute Gasteiger partial charge is 0.343 e. The molecule has 0 amide bonds. The monoisotopic (exact) mass is 1280 g/mol. The van der Waals surface area contributed by atoms with E-state index in [2.05, 4.69) is 237 Å². The zero-order valence-electron chi connectivity index (χ0n) is 65.5. The largest absolute Gasteiger partial charge is 0.423 e. The maximum absolute atomic E-state index is 11.8. The van der Waals surface area contributed by atoms with Crippen molar-refractivity contribution in [2.24, 2.45) is 5.92 Å². The second kappa shape index (κ2) is 62.1. The molecule has 1 fully saturated rings. The van der Waals surface area contributed by atoms with Gasteiger partial charge in [0.05, 0.1) is 5.56 Å². The van der Waals surface area contributed by atoms with E-state index in [0.717, 1.165) is 46.9 Å². The summed E-state index contributed by atoms with van der Waals surface area (Å²) in [7, 11) is 0. The molecule has 518 valence electrons. The number of carbonyl (C=O) groups excluding carboxylic acids is 1. The molecule has 0 saturated heterocycles. The Morgan fingerprint density at radius 1 is 0.305 bits per heavy atom. The van der Waals surface area contributed by atoms with E-state index in [1.807, 2.05) is 163 Å². The van der Waals surface area contributed by atoms with Crippen molar-refractivity contribution >= 4 is 5.97 Å². The highest BCUT2D eigenvalue weighted by atomic mass is 16.5. The van der Waals surface area contributed by atoms with Crippen molar-refractivity contribution < 1.29 is 9.53 Å². The molecule has 0 atom stereocenters. The Labute approximate surface area is 586 Å². The number of ether oxygens (including phenoxy) is 1. The van der Waals surface area contributed by atoms with E-state index in [-0.39, 0.29) is 5.97 Å². The average Bonchev–Trinajstić information content (AvgIpc) is 1.39. The Hall–Kier alpha value is -7.99. The van der Waals surface area contributed by atoms with Gasteiger partial charge in [0.2, 0.25) is 0 Å². The second-order valence-corrected chi connectivity index (χ2v) is 21.1. The van der Waals surface area contributed by atoms with Gasteiger partial charge < -0.3 is 4.74 Å². The third kappa shape index (κ3) is 43.6. The molecular weight excluding hydrogens is 1150 g/mol. The van der Waals surface area contributed by atoms with E-state index < -0.39 is 0 Å². The van der Waals surface area contributed by atoms with Crippen molar-refractivity contribution in [3.05, 3.63) is 302 Å². The minimum Gasteiger partial charge on any atom is -0.423 e. The van der Waals surface area contributed by atoms with Crippen molar-refractivity contribution in [2.45, 2.75) is 238 Å². The quantitative estimate of drug-likeness (QED) is 0.0903. The van der Waals surface area contributed by atoms with Gasteiger partial charge in [-0.2, -0.15) is 0 Å². The van der Waals surface area contributed by atoms with Crippen LogP contribution in [-0.2, 0) is 12.8 Å². The molecule has 95 heavy (non-hydrogen) atoms. The Balaban J connectivity index is -0.000000513. The lowest BCUT2D eigenvalue weighted by Gasteiger charge is -2.26. The molecular formula is C93H134O2. The molecule has 9 aromatic rings. The number of hydrogen-bond acceptors (Lipinski definition) is 2. The molecule has 0 N–H and O–H groups in total. The second-order valence-electron chi connectivity index (χ2n) is 21.1. The first-order chi connectivity index (χ1) is 46.1. The fraction of sp³-hybridized carbons (Fsp3) is 0.387. The van der Waals surface area contributed by atoms with Crippen molar-refractivity contribution in [2.75, 3.05) is 0 Å². The van der Waals surface area contributed by atoms with Gasteiger partial charge in [-0.1, -0.05) is 376 Å². The van der Waals surface area contributed by atoms with Gasteiger partial charge in [0.25, 0.3) is 0 Å². The van der Waals surface area contributed by atoms with Crippen LogP contribution in [0.1, 0.15) is 251 Å². The van der Waals surface area contributed by atoms with Gasteiger partial charge in [0.1, 0.15) is 5.75 Å². The van der Waals surface area contributed by atoms with Crippen molar-refractivity contribution in [1.82, 2.24) is 0 Å². The Kier molecular flexibility index (Phi) is 61.1. The molecule has 0 unspecified atom stereocenters. The normalized spacial score (nSPS) is 11.2. The SMILES string of the molecule is CC.CC.CC.CC.CC.CC.CC.CC.CC.Cc1ccc(-c2ccc(C)cc2)cc1.Cc1ccc(C#Cc2ccc(C)cc2)cc1.Cc1ccc(C2CCC(C)CC2)cc1.Cc1ccc(CCc2ccc(C)cc2)cc1.Cc1ccc(OC(=O)c2ccc(C)cc2)cc1. The standard InChI is InChI=1S/C16H18.C16H14.C15H14O2.C14H20.C14H14.9C2H6/c2*1-13-3-7-15(8-4-13)11-12-16-9-5-14(2)6-10-16;1-11-3-7-13(8-4-11)15(16)17-14-9-5-12(2)6-10-14;2*1-11-3-7-13(8-4-11)14-9-5-12(2)6-10-14;9*1-2/h3-10H,11-12H2,1-2H3;3-10H,1-2H3;3-10H,1-2H3;3-4,7-8,12,14H,5-6,9-10H2,1-2H3;3-10H,1-2H3;9*1-2H3. The van der Waals surface area contributed by atoms with Crippen LogP contribution in [0.25, 0.3) is 11.1 Å². The van der Waals surface area contributed by atoms with Crippen LogP contribution in [0.3, 0.4) is 0 Å². The Morgan fingerprint density at radius 2 is 0.537 bits per heavy atom. The number of benzene rings is 9. The predicted octanol–water partition coefficient (Wildman–Crippen LogP) is 28.8. The van der Waals surface area contributed by atoms with Crippen LogP contribution in [0.5, 0.6) is 5.75 Å². The van der Waals surface area contributed by atoms with Crippen LogP contribution in [0.4, 0.5) is 0 Å². The summed E-state index contributed by atoms with van der Waals surface area (Å²) in [6.45, 7) is 57.2. The molecule has 9 aromatic carbocycles. The van der Waals surface area contributed by atoms with E-state index >= 15 is 0 Å². The van der Waals surface area contributed by atoms with Crippen LogP contribution >= 0.6 is 0 Å². The summed E-state index contributed by atoms with van der Waals surface area (Å²) in [5.41, 5.74) is 21.1. The molecule has 2 nitrogen and oxygen atoms in total. The molecule has 0 heterocycles. The molecule has 2 heteroatoms. The lowest BCUT2D eigenvalue weighted by molar-refractivity contribution is 0.0734. The fourth-order valence-corrected chi connectivity index (χ4v) is 8.60. The van der Waals surface area contributed by atoms with Gasteiger partial charge >= 0.3 is 5.97 Å². The summed E-state index contributed by atoms with van der Waals surface area (Å²) in [5.74, 6) is 8.36. The highest BCUT2D eigenvalue weighted by Gasteiger charge is 2.19. The summed E-state index contributed by atoms with van der Waals surface area (Å²) in [5, 5.41) is 0. The molecule has 10 rings (SSSR count). The first-order valence-corrected chi connectivity index (χ1v) is 36.5. The summed E-state index contributed by atoms with van der Waals surface area (Å²) in [6, 6.07) is 75.3. The van der Waals surface area contributed by atoms with E-state index in [1.165, 1.54) is 86.9 Å². The van der Waals surface area contributed by atoms with Crippen LogP contribution in [0.15, 0.2) is 218 Å². The van der Waals surface area contributed by atoms with Gasteiger partial charge in [-0.3, -0.25) is 0 Å². The van der Waals surface area contributed by atoms with Crippen LogP contribution in [0.2, 0.25) is 0 Å². The number of esters is 1. The zero-order chi connectivity index (χ0) is 72.9. The van der Waals surface area contributed by atoms with Crippen LogP contribution in [-0.4, -0.2) is 5.97 Å². The fourth-order valence-electron chi connectivity index (χ4n) is 8.60. The maximum Gasteiger partial charge on any atom is 0.343 e. The topological polar surface area (TPSA) is 26.3 Å². The molecule has 0 aromatic heterocycles. The first kappa shape index (κ1) is 93.4. The number of hydrogen-bond donors (Lipinski definition) is 0. The lowest BCUT2D eigenvalue weighted by Crippen LogP contribution is -2.10. The minimum atomic E-state index is -0.325. The first-order valence-electron chi connectivity index (χ1n) is 36.5. The van der Waals surface area contributed by atoms with Crippen molar-refractivity contribution in [3.63, 3.8) is 0 Å². The lowest BCUT2D eigenvalue weighted by atomic mass is 9.79. The summed E-state index contributed by atoms with van der Waals surface area (Å²) in [4.78, 5) is 11.8. The zero-order valence-corrected chi connectivity index (χ0v) is 65.5. The highest BCUT2D eigenvalue weighted by Crippen LogP contribution is 2.35. The van der Waals surface area contributed by atoms with E-state index in [0.29, 0.717) is 11.3 Å².